The number of benzene rings is 1. The Kier molecular flexibility index (Phi) is 5.68. The van der Waals surface area contributed by atoms with Gasteiger partial charge >= 0.3 is 0 Å². The highest BCUT2D eigenvalue weighted by Crippen LogP contribution is 2.35. The van der Waals surface area contributed by atoms with Crippen LogP contribution in [0, 0.1) is 5.92 Å². The molecule has 1 aromatic heterocycles. The lowest BCUT2D eigenvalue weighted by molar-refractivity contribution is -0.139. The minimum absolute atomic E-state index is 0.0959. The van der Waals surface area contributed by atoms with Gasteiger partial charge in [0.15, 0.2) is 0 Å². The van der Waals surface area contributed by atoms with Crippen LogP contribution in [0.2, 0.25) is 0 Å². The van der Waals surface area contributed by atoms with Gasteiger partial charge in [0.2, 0.25) is 15.9 Å². The zero-order valence-electron chi connectivity index (χ0n) is 16.7. The first-order valence-electron chi connectivity index (χ1n) is 9.92. The minimum atomic E-state index is -3.55. The Hall–Kier alpha value is -1.90. The zero-order valence-corrected chi connectivity index (χ0v) is 18.3. The predicted octanol–water partition coefficient (Wildman–Crippen LogP) is 3.30. The molecule has 8 heteroatoms. The van der Waals surface area contributed by atoms with Crippen molar-refractivity contribution in [2.45, 2.75) is 37.1 Å². The van der Waals surface area contributed by atoms with Gasteiger partial charge in [-0.1, -0.05) is 0 Å². The summed E-state index contributed by atoms with van der Waals surface area (Å²) in [5.74, 6) is 0.675. The highest BCUT2D eigenvalue weighted by Gasteiger charge is 2.36. The first-order chi connectivity index (χ1) is 13.9. The summed E-state index contributed by atoms with van der Waals surface area (Å²) < 4.78 is 32.4. The number of methoxy groups -OCH3 is 1. The number of sulfonamides is 1. The van der Waals surface area contributed by atoms with E-state index in [1.54, 1.807) is 42.7 Å². The van der Waals surface area contributed by atoms with Gasteiger partial charge in [0.1, 0.15) is 5.75 Å². The Labute approximate surface area is 176 Å². The summed E-state index contributed by atoms with van der Waals surface area (Å²) in [6.07, 6.45) is 2.04. The number of rotatable bonds is 4. The lowest BCUT2D eigenvalue weighted by Crippen LogP contribution is -2.46. The van der Waals surface area contributed by atoms with Gasteiger partial charge in [0.25, 0.3) is 0 Å². The van der Waals surface area contributed by atoms with Crippen LogP contribution >= 0.6 is 11.3 Å². The van der Waals surface area contributed by atoms with E-state index in [1.165, 1.54) is 14.7 Å². The molecule has 2 aliphatic rings. The van der Waals surface area contributed by atoms with Crippen LogP contribution in [0.15, 0.2) is 40.6 Å². The molecule has 29 heavy (non-hydrogen) atoms. The molecular weight excluding hydrogens is 408 g/mol. The molecule has 156 valence electrons. The number of amides is 1. The van der Waals surface area contributed by atoms with Crippen molar-refractivity contribution in [3.05, 3.63) is 46.2 Å². The first-order valence-corrected chi connectivity index (χ1v) is 12.2. The van der Waals surface area contributed by atoms with Crippen molar-refractivity contribution in [3.8, 4) is 5.75 Å². The van der Waals surface area contributed by atoms with Crippen LogP contribution < -0.4 is 4.74 Å². The van der Waals surface area contributed by atoms with Crippen molar-refractivity contribution >= 4 is 27.3 Å². The molecule has 6 nitrogen and oxygen atoms in total. The maximum absolute atomic E-state index is 13.1. The van der Waals surface area contributed by atoms with E-state index < -0.39 is 10.0 Å². The number of piperidine rings is 1. The summed E-state index contributed by atoms with van der Waals surface area (Å²) in [6.45, 7) is 3.58. The molecule has 1 fully saturated rings. The van der Waals surface area contributed by atoms with E-state index in [2.05, 4.69) is 18.4 Å². The fraction of sp³-hybridized carbons (Fsp3) is 0.476. The number of ether oxygens (including phenoxy) is 1. The number of hydrogen-bond acceptors (Lipinski definition) is 5. The molecule has 4 rings (SSSR count). The van der Waals surface area contributed by atoms with Crippen molar-refractivity contribution in [1.82, 2.24) is 9.21 Å². The summed E-state index contributed by atoms with van der Waals surface area (Å²) in [4.78, 5) is 16.8. The molecule has 0 aliphatic carbocycles. The van der Waals surface area contributed by atoms with E-state index in [0.717, 1.165) is 13.0 Å². The van der Waals surface area contributed by atoms with E-state index in [-0.39, 0.29) is 22.8 Å². The maximum atomic E-state index is 13.1. The Morgan fingerprint density at radius 1 is 1.10 bits per heavy atom. The monoisotopic (exact) mass is 434 g/mol. The van der Waals surface area contributed by atoms with E-state index in [4.69, 9.17) is 4.74 Å². The van der Waals surface area contributed by atoms with Crippen LogP contribution in [0.25, 0.3) is 0 Å². The molecule has 0 unspecified atom stereocenters. The van der Waals surface area contributed by atoms with Crippen LogP contribution in [0.1, 0.15) is 36.2 Å². The van der Waals surface area contributed by atoms with Crippen LogP contribution in [0.5, 0.6) is 5.75 Å². The van der Waals surface area contributed by atoms with Gasteiger partial charge in [0, 0.05) is 30.4 Å². The lowest BCUT2D eigenvalue weighted by atomic mass is 9.93. The van der Waals surface area contributed by atoms with Gasteiger partial charge in [-0.2, -0.15) is 4.31 Å². The normalized spacial score (nSPS) is 21.0. The van der Waals surface area contributed by atoms with Gasteiger partial charge in [-0.05, 0) is 67.5 Å². The molecule has 1 saturated heterocycles. The van der Waals surface area contributed by atoms with E-state index in [1.807, 2.05) is 4.90 Å². The second-order valence-corrected chi connectivity index (χ2v) is 10.5. The molecule has 0 bridgehead atoms. The van der Waals surface area contributed by atoms with E-state index in [0.29, 0.717) is 31.7 Å². The number of carbonyl (C=O) groups is 1. The van der Waals surface area contributed by atoms with Gasteiger partial charge < -0.3 is 9.64 Å². The summed E-state index contributed by atoms with van der Waals surface area (Å²) in [7, 11) is -2.00. The van der Waals surface area contributed by atoms with E-state index >= 15 is 0 Å². The van der Waals surface area contributed by atoms with Gasteiger partial charge in [-0.25, -0.2) is 8.42 Å². The van der Waals surface area contributed by atoms with E-state index in [9.17, 15) is 13.2 Å². The van der Waals surface area contributed by atoms with Crippen molar-refractivity contribution in [2.75, 3.05) is 26.7 Å². The Morgan fingerprint density at radius 3 is 2.45 bits per heavy atom. The Balaban J connectivity index is 1.40. The van der Waals surface area contributed by atoms with Crippen molar-refractivity contribution in [1.29, 1.82) is 0 Å². The number of nitrogens with zero attached hydrogens (tertiary/aromatic N) is 2. The number of fused-ring (bicyclic) bond motifs is 1. The largest absolute Gasteiger partial charge is 0.497 e. The summed E-state index contributed by atoms with van der Waals surface area (Å²) in [5.41, 5.74) is 1.26. The third-order valence-corrected chi connectivity index (χ3v) is 8.97. The molecule has 1 amide bonds. The first kappa shape index (κ1) is 20.4. The van der Waals surface area contributed by atoms with Crippen molar-refractivity contribution < 1.29 is 17.9 Å². The molecule has 3 heterocycles. The van der Waals surface area contributed by atoms with Crippen LogP contribution in [0.3, 0.4) is 0 Å². The zero-order chi connectivity index (χ0) is 20.6. The lowest BCUT2D eigenvalue weighted by Gasteiger charge is -2.38. The quantitative estimate of drug-likeness (QED) is 0.741. The second-order valence-electron chi connectivity index (χ2n) is 7.61. The van der Waals surface area contributed by atoms with Crippen LogP contribution in [0.4, 0.5) is 0 Å². The Bertz CT molecular complexity index is 976. The number of hydrogen-bond donors (Lipinski definition) is 0. The topological polar surface area (TPSA) is 66.9 Å². The molecule has 1 atom stereocenters. The maximum Gasteiger partial charge on any atom is 0.243 e. The van der Waals surface area contributed by atoms with Gasteiger partial charge in [0.05, 0.1) is 18.0 Å². The number of thiophene rings is 1. The molecule has 1 aromatic carbocycles. The average molecular weight is 435 g/mol. The average Bonchev–Trinajstić information content (AvgIpc) is 3.23. The second kappa shape index (κ2) is 8.08. The fourth-order valence-corrected chi connectivity index (χ4v) is 6.72. The summed E-state index contributed by atoms with van der Waals surface area (Å²) in [6, 6.07) is 8.66. The summed E-state index contributed by atoms with van der Waals surface area (Å²) in [5, 5.41) is 2.09. The Morgan fingerprint density at radius 2 is 1.79 bits per heavy atom. The van der Waals surface area contributed by atoms with Crippen LogP contribution in [-0.2, 0) is 21.2 Å². The molecule has 0 N–H and O–H groups in total. The van der Waals surface area contributed by atoms with Crippen molar-refractivity contribution in [3.63, 3.8) is 0 Å². The third-order valence-electron chi connectivity index (χ3n) is 6.06. The standard InChI is InChI=1S/C21H26N2O4S2/c1-15-19-10-14-28-20(19)9-13-23(15)21(24)16-7-11-22(12-8-16)29(25,26)18-5-3-17(27-2)4-6-18/h3-6,10,14-16H,7-9,11-13H2,1-2H3/t15-/m0/s1. The third kappa shape index (κ3) is 3.81. The highest BCUT2D eigenvalue weighted by atomic mass is 32.2. The fourth-order valence-electron chi connectivity index (χ4n) is 4.28. The highest BCUT2D eigenvalue weighted by molar-refractivity contribution is 7.89. The van der Waals surface area contributed by atoms with Crippen molar-refractivity contribution in [2.24, 2.45) is 5.92 Å². The smallest absolute Gasteiger partial charge is 0.243 e. The van der Waals surface area contributed by atoms with Gasteiger partial charge in [-0.15, -0.1) is 11.3 Å². The van der Waals surface area contributed by atoms with Crippen LogP contribution in [-0.4, -0.2) is 50.3 Å². The number of carbonyl (C=O) groups excluding carboxylic acids is 1. The molecule has 0 spiro atoms. The molecular formula is C21H26N2O4S2. The van der Waals surface area contributed by atoms with Gasteiger partial charge in [-0.3, -0.25) is 4.79 Å². The minimum Gasteiger partial charge on any atom is -0.497 e. The molecule has 0 radical (unpaired) electrons. The summed E-state index contributed by atoms with van der Waals surface area (Å²) >= 11 is 1.76. The predicted molar refractivity (Wildman–Crippen MR) is 113 cm³/mol. The molecule has 0 saturated carbocycles. The molecule has 2 aromatic rings. The SMILES string of the molecule is COc1ccc(S(=O)(=O)N2CCC(C(=O)N3CCc4sccc4[C@@H]3C)CC2)cc1. The molecule has 2 aliphatic heterocycles.